The molecule has 0 spiro atoms. The Balaban J connectivity index is 1.62. The third-order valence-corrected chi connectivity index (χ3v) is 4.15. The average molecular weight is 363 g/mol. The summed E-state index contributed by atoms with van der Waals surface area (Å²) in [5, 5.41) is 0. The van der Waals surface area contributed by atoms with E-state index in [4.69, 9.17) is 4.42 Å². The van der Waals surface area contributed by atoms with Crippen LogP contribution in [0, 0.1) is 0 Å². The Morgan fingerprint density at radius 1 is 0.955 bits per heavy atom. The molecule has 1 aliphatic rings. The molecule has 6 heteroatoms. The summed E-state index contributed by atoms with van der Waals surface area (Å²) < 4.78 is 6.01. The predicted octanol–water partition coefficient (Wildman–Crippen LogP) is 2.64. The van der Waals surface area contributed by atoms with Crippen LogP contribution in [-0.4, -0.2) is 47.8 Å². The van der Waals surface area contributed by atoms with Crippen LogP contribution in [0.25, 0.3) is 0 Å². The fourth-order valence-electron chi connectivity index (χ4n) is 2.47. The normalized spacial score (nSPS) is 15.0. The lowest BCUT2D eigenvalue weighted by molar-refractivity contribution is 0.0518. The third kappa shape index (κ3) is 3.06. The van der Waals surface area contributed by atoms with Gasteiger partial charge in [0.15, 0.2) is 5.76 Å². The third-order valence-electron chi connectivity index (χ3n) is 3.66. The van der Waals surface area contributed by atoms with Crippen molar-refractivity contribution in [2.45, 2.75) is 0 Å². The van der Waals surface area contributed by atoms with Crippen LogP contribution in [0.3, 0.4) is 0 Å². The number of carbonyl (C=O) groups excluding carboxylic acids is 2. The molecule has 0 saturated carbocycles. The minimum atomic E-state index is -0.125. The lowest BCUT2D eigenvalue weighted by Crippen LogP contribution is -2.50. The van der Waals surface area contributed by atoms with Gasteiger partial charge in [-0.2, -0.15) is 0 Å². The molecule has 1 aromatic carbocycles. The van der Waals surface area contributed by atoms with Gasteiger partial charge in [0.2, 0.25) is 0 Å². The van der Waals surface area contributed by atoms with Gasteiger partial charge in [-0.25, -0.2) is 0 Å². The minimum Gasteiger partial charge on any atom is -0.459 e. The Bertz CT molecular complexity index is 676. The van der Waals surface area contributed by atoms with E-state index in [1.54, 1.807) is 28.0 Å². The van der Waals surface area contributed by atoms with Crippen molar-refractivity contribution in [2.75, 3.05) is 26.2 Å². The number of hydrogen-bond donors (Lipinski definition) is 0. The summed E-state index contributed by atoms with van der Waals surface area (Å²) in [5.41, 5.74) is 0.653. The molecule has 1 aromatic heterocycles. The number of amides is 2. The molecule has 2 aromatic rings. The smallest absolute Gasteiger partial charge is 0.289 e. The largest absolute Gasteiger partial charge is 0.459 e. The van der Waals surface area contributed by atoms with Crippen LogP contribution >= 0.6 is 15.9 Å². The molecule has 0 aliphatic carbocycles. The van der Waals surface area contributed by atoms with E-state index in [9.17, 15) is 9.59 Å². The maximum atomic E-state index is 12.4. The second-order valence-electron chi connectivity index (χ2n) is 5.07. The van der Waals surface area contributed by atoms with Gasteiger partial charge in [-0.15, -0.1) is 0 Å². The Morgan fingerprint density at radius 2 is 1.64 bits per heavy atom. The van der Waals surface area contributed by atoms with Crippen molar-refractivity contribution in [1.82, 2.24) is 9.80 Å². The molecule has 0 bridgehead atoms. The highest BCUT2D eigenvalue weighted by Gasteiger charge is 2.26. The second-order valence-corrected chi connectivity index (χ2v) is 5.99. The zero-order valence-corrected chi connectivity index (χ0v) is 13.5. The molecule has 22 heavy (non-hydrogen) atoms. The molecule has 1 aliphatic heterocycles. The average Bonchev–Trinajstić information content (AvgIpc) is 3.08. The van der Waals surface area contributed by atoms with E-state index in [-0.39, 0.29) is 11.8 Å². The van der Waals surface area contributed by atoms with E-state index in [0.29, 0.717) is 37.5 Å². The summed E-state index contributed by atoms with van der Waals surface area (Å²) in [4.78, 5) is 28.1. The van der Waals surface area contributed by atoms with Gasteiger partial charge < -0.3 is 14.2 Å². The van der Waals surface area contributed by atoms with E-state index in [1.165, 1.54) is 6.26 Å². The van der Waals surface area contributed by atoms with E-state index >= 15 is 0 Å². The Morgan fingerprint density at radius 3 is 2.23 bits per heavy atom. The summed E-state index contributed by atoms with van der Waals surface area (Å²) in [5.74, 6) is 0.206. The summed E-state index contributed by atoms with van der Waals surface area (Å²) in [7, 11) is 0. The maximum Gasteiger partial charge on any atom is 0.289 e. The molecule has 0 N–H and O–H groups in total. The summed E-state index contributed by atoms with van der Waals surface area (Å²) in [6.45, 7) is 2.08. The second kappa shape index (κ2) is 6.36. The van der Waals surface area contributed by atoms with Crippen molar-refractivity contribution in [3.63, 3.8) is 0 Å². The van der Waals surface area contributed by atoms with Gasteiger partial charge in [0, 0.05) is 36.2 Å². The fraction of sp³-hybridized carbons (Fsp3) is 0.250. The van der Waals surface area contributed by atoms with Crippen LogP contribution in [0.1, 0.15) is 20.9 Å². The molecule has 3 rings (SSSR count). The van der Waals surface area contributed by atoms with Gasteiger partial charge in [-0.3, -0.25) is 9.59 Å². The summed E-state index contributed by atoms with van der Waals surface area (Å²) in [6.07, 6.45) is 1.49. The highest BCUT2D eigenvalue weighted by molar-refractivity contribution is 9.10. The van der Waals surface area contributed by atoms with E-state index in [0.717, 1.165) is 4.47 Å². The van der Waals surface area contributed by atoms with Gasteiger partial charge in [0.05, 0.1) is 6.26 Å². The monoisotopic (exact) mass is 362 g/mol. The van der Waals surface area contributed by atoms with Crippen molar-refractivity contribution in [3.05, 3.63) is 58.5 Å². The van der Waals surface area contributed by atoms with E-state index in [1.807, 2.05) is 18.2 Å². The van der Waals surface area contributed by atoms with Gasteiger partial charge in [0.1, 0.15) is 0 Å². The molecule has 2 heterocycles. The van der Waals surface area contributed by atoms with E-state index in [2.05, 4.69) is 15.9 Å². The summed E-state index contributed by atoms with van der Waals surface area (Å²) in [6, 6.07) is 10.7. The Labute approximate surface area is 136 Å². The molecular weight excluding hydrogens is 348 g/mol. The molecule has 5 nitrogen and oxygen atoms in total. The molecule has 1 fully saturated rings. The first-order valence-electron chi connectivity index (χ1n) is 7.03. The number of halogens is 1. The fourth-order valence-corrected chi connectivity index (χ4v) is 2.87. The predicted molar refractivity (Wildman–Crippen MR) is 84.7 cm³/mol. The summed E-state index contributed by atoms with van der Waals surface area (Å²) >= 11 is 3.37. The van der Waals surface area contributed by atoms with Gasteiger partial charge in [-0.05, 0) is 30.3 Å². The molecule has 114 valence electrons. The standard InChI is InChI=1S/C16H15BrN2O3/c17-13-4-1-3-12(11-13)15(20)18-6-8-19(9-7-18)16(21)14-5-2-10-22-14/h1-5,10-11H,6-9H2. The number of furan rings is 1. The Kier molecular flexibility index (Phi) is 4.29. The maximum absolute atomic E-state index is 12.4. The molecule has 0 radical (unpaired) electrons. The van der Waals surface area contributed by atoms with Crippen molar-refractivity contribution >= 4 is 27.7 Å². The van der Waals surface area contributed by atoms with Crippen LogP contribution in [-0.2, 0) is 0 Å². The lowest BCUT2D eigenvalue weighted by Gasteiger charge is -2.34. The zero-order chi connectivity index (χ0) is 15.5. The minimum absolute atomic E-state index is 0.00797. The number of hydrogen-bond acceptors (Lipinski definition) is 3. The molecule has 0 atom stereocenters. The zero-order valence-electron chi connectivity index (χ0n) is 11.9. The highest BCUT2D eigenvalue weighted by atomic mass is 79.9. The van der Waals surface area contributed by atoms with Crippen LogP contribution in [0.15, 0.2) is 51.6 Å². The van der Waals surface area contributed by atoms with Crippen molar-refractivity contribution in [3.8, 4) is 0 Å². The van der Waals surface area contributed by atoms with Crippen molar-refractivity contribution in [1.29, 1.82) is 0 Å². The van der Waals surface area contributed by atoms with Crippen molar-refractivity contribution < 1.29 is 14.0 Å². The van der Waals surface area contributed by atoms with Gasteiger partial charge in [0.25, 0.3) is 11.8 Å². The topological polar surface area (TPSA) is 53.8 Å². The SMILES string of the molecule is O=C(c1cccc(Br)c1)N1CCN(C(=O)c2ccco2)CC1. The van der Waals surface area contributed by atoms with Crippen LogP contribution in [0.4, 0.5) is 0 Å². The number of nitrogens with zero attached hydrogens (tertiary/aromatic N) is 2. The quantitative estimate of drug-likeness (QED) is 0.824. The molecule has 0 unspecified atom stereocenters. The highest BCUT2D eigenvalue weighted by Crippen LogP contribution is 2.15. The molecule has 2 amide bonds. The van der Waals surface area contributed by atoms with Gasteiger partial charge in [-0.1, -0.05) is 22.0 Å². The first-order valence-corrected chi connectivity index (χ1v) is 7.82. The van der Waals surface area contributed by atoms with Gasteiger partial charge >= 0.3 is 0 Å². The van der Waals surface area contributed by atoms with E-state index < -0.39 is 0 Å². The van der Waals surface area contributed by atoms with Crippen molar-refractivity contribution in [2.24, 2.45) is 0 Å². The first kappa shape index (κ1) is 14.8. The molecule has 1 saturated heterocycles. The number of piperazine rings is 1. The lowest BCUT2D eigenvalue weighted by atomic mass is 10.2. The number of rotatable bonds is 2. The van der Waals surface area contributed by atoms with Crippen LogP contribution in [0.5, 0.6) is 0 Å². The van der Waals surface area contributed by atoms with Crippen LogP contribution < -0.4 is 0 Å². The Hall–Kier alpha value is -2.08. The van der Waals surface area contributed by atoms with Crippen LogP contribution in [0.2, 0.25) is 0 Å². The first-order chi connectivity index (χ1) is 10.6. The number of benzene rings is 1. The number of carbonyl (C=O) groups is 2. The molecular formula is C16H15BrN2O3.